The molecule has 3 aromatic rings. The number of fused-ring (bicyclic) bond motifs is 2. The van der Waals surface area contributed by atoms with Crippen LogP contribution in [-0.2, 0) is 0 Å². The number of H-pyrrole nitrogens is 1. The van der Waals surface area contributed by atoms with E-state index in [-0.39, 0.29) is 11.6 Å². The molecule has 0 atom stereocenters. The zero-order valence-electron chi connectivity index (χ0n) is 11.5. The SMILES string of the molecule is Oc1cc(Cl)cc2c1N=C(Nc1cc(F)c3cc[nH]c3c1)NS2. The van der Waals surface area contributed by atoms with E-state index >= 15 is 0 Å². The molecule has 1 aliphatic heterocycles. The highest BCUT2D eigenvalue weighted by Gasteiger charge is 2.17. The molecule has 5 nitrogen and oxygen atoms in total. The Morgan fingerprint density at radius 1 is 1.26 bits per heavy atom. The van der Waals surface area contributed by atoms with E-state index in [2.05, 4.69) is 20.0 Å². The number of halogens is 2. The largest absolute Gasteiger partial charge is 0.506 e. The van der Waals surface area contributed by atoms with Crippen molar-refractivity contribution in [3.63, 3.8) is 0 Å². The van der Waals surface area contributed by atoms with Gasteiger partial charge in [0.05, 0.1) is 10.4 Å². The molecule has 2 aromatic carbocycles. The number of phenols is 1. The molecule has 8 heteroatoms. The Bertz CT molecular complexity index is 956. The van der Waals surface area contributed by atoms with Crippen LogP contribution in [0.5, 0.6) is 5.75 Å². The van der Waals surface area contributed by atoms with Crippen LogP contribution >= 0.6 is 23.5 Å². The molecule has 4 N–H and O–H groups in total. The molecule has 116 valence electrons. The Morgan fingerprint density at radius 3 is 3.00 bits per heavy atom. The van der Waals surface area contributed by atoms with Crippen LogP contribution in [0, 0.1) is 5.82 Å². The molecular formula is C15H10ClFN4OS. The van der Waals surface area contributed by atoms with Gasteiger partial charge in [-0.1, -0.05) is 11.6 Å². The number of aromatic hydroxyl groups is 1. The number of benzene rings is 2. The lowest BCUT2D eigenvalue weighted by Crippen LogP contribution is -2.26. The van der Waals surface area contributed by atoms with Crippen molar-refractivity contribution in [1.82, 2.24) is 9.71 Å². The van der Waals surface area contributed by atoms with Gasteiger partial charge in [-0.15, -0.1) is 0 Å². The van der Waals surface area contributed by atoms with Crippen LogP contribution in [0.25, 0.3) is 10.9 Å². The van der Waals surface area contributed by atoms with Crippen LogP contribution in [0.1, 0.15) is 0 Å². The highest BCUT2D eigenvalue weighted by molar-refractivity contribution is 7.98. The van der Waals surface area contributed by atoms with Gasteiger partial charge in [0, 0.05) is 28.4 Å². The van der Waals surface area contributed by atoms with Gasteiger partial charge in [-0.2, -0.15) is 0 Å². The maximum atomic E-state index is 14.0. The lowest BCUT2D eigenvalue weighted by Gasteiger charge is -2.18. The fraction of sp³-hybridized carbons (Fsp3) is 0. The Balaban J connectivity index is 1.69. The molecule has 0 unspecified atom stereocenters. The molecule has 23 heavy (non-hydrogen) atoms. The number of aliphatic imine (C=N–C) groups is 1. The Hall–Kier alpha value is -2.38. The predicted octanol–water partition coefficient (Wildman–Crippen LogP) is 4.38. The standard InChI is InChI=1S/C15H10ClFN4OS/c16-7-3-12(22)14-13(4-7)23-21-15(20-14)19-8-5-10(17)9-1-2-18-11(9)6-8/h1-6,18,22H,(H2,19,20,21). The summed E-state index contributed by atoms with van der Waals surface area (Å²) in [6, 6.07) is 7.99. The van der Waals surface area contributed by atoms with Gasteiger partial charge < -0.3 is 15.4 Å². The van der Waals surface area contributed by atoms with Gasteiger partial charge >= 0.3 is 0 Å². The second-order valence-electron chi connectivity index (χ2n) is 4.96. The molecule has 0 bridgehead atoms. The van der Waals surface area contributed by atoms with Gasteiger partial charge in [0.2, 0.25) is 5.96 Å². The summed E-state index contributed by atoms with van der Waals surface area (Å²) < 4.78 is 17.0. The minimum Gasteiger partial charge on any atom is -0.506 e. The fourth-order valence-corrected chi connectivity index (χ4v) is 3.39. The zero-order valence-corrected chi connectivity index (χ0v) is 13.1. The van der Waals surface area contributed by atoms with E-state index in [1.807, 2.05) is 0 Å². The smallest absolute Gasteiger partial charge is 0.211 e. The van der Waals surface area contributed by atoms with Crippen LogP contribution in [-0.4, -0.2) is 16.1 Å². The number of aromatic amines is 1. The summed E-state index contributed by atoms with van der Waals surface area (Å²) in [5.74, 6) is 0.0579. The number of phenolic OH excluding ortho intramolecular Hbond substituents is 1. The van der Waals surface area contributed by atoms with Crippen molar-refractivity contribution in [2.24, 2.45) is 4.99 Å². The number of rotatable bonds is 1. The van der Waals surface area contributed by atoms with E-state index in [9.17, 15) is 9.50 Å². The average molecular weight is 349 g/mol. The first kappa shape index (κ1) is 14.2. The summed E-state index contributed by atoms with van der Waals surface area (Å²) in [6.07, 6.45) is 1.68. The summed E-state index contributed by atoms with van der Waals surface area (Å²) in [7, 11) is 0. The maximum absolute atomic E-state index is 14.0. The van der Waals surface area contributed by atoms with Crippen molar-refractivity contribution in [2.75, 3.05) is 5.32 Å². The van der Waals surface area contributed by atoms with E-state index < -0.39 is 0 Å². The van der Waals surface area contributed by atoms with Gasteiger partial charge in [-0.3, -0.25) is 4.72 Å². The maximum Gasteiger partial charge on any atom is 0.211 e. The molecule has 4 rings (SSSR count). The Labute approximate surface area is 139 Å². The molecular weight excluding hydrogens is 339 g/mol. The highest BCUT2D eigenvalue weighted by Crippen LogP contribution is 2.41. The summed E-state index contributed by atoms with van der Waals surface area (Å²) in [6.45, 7) is 0. The molecule has 2 heterocycles. The van der Waals surface area contributed by atoms with E-state index in [0.29, 0.717) is 38.2 Å². The number of anilines is 1. The van der Waals surface area contributed by atoms with E-state index in [1.54, 1.807) is 24.4 Å². The van der Waals surface area contributed by atoms with Crippen LogP contribution in [0.2, 0.25) is 5.02 Å². The molecule has 0 saturated carbocycles. The summed E-state index contributed by atoms with van der Waals surface area (Å²) in [5.41, 5.74) is 1.65. The minimum absolute atomic E-state index is 0.00759. The predicted molar refractivity (Wildman–Crippen MR) is 91.1 cm³/mol. The summed E-state index contributed by atoms with van der Waals surface area (Å²) in [5, 5.41) is 13.9. The fourth-order valence-electron chi connectivity index (χ4n) is 2.37. The lowest BCUT2D eigenvalue weighted by atomic mass is 10.2. The number of hydrogen-bond acceptors (Lipinski definition) is 5. The number of nitrogens with one attached hydrogen (secondary N) is 3. The number of nitrogens with zero attached hydrogens (tertiary/aromatic N) is 1. The third kappa shape index (κ3) is 2.58. The van der Waals surface area contributed by atoms with E-state index in [1.165, 1.54) is 24.1 Å². The topological polar surface area (TPSA) is 72.4 Å². The highest BCUT2D eigenvalue weighted by atomic mass is 35.5. The van der Waals surface area contributed by atoms with Crippen LogP contribution in [0.4, 0.5) is 15.8 Å². The van der Waals surface area contributed by atoms with Crippen LogP contribution in [0.3, 0.4) is 0 Å². The third-order valence-corrected chi connectivity index (χ3v) is 4.43. The van der Waals surface area contributed by atoms with Crippen molar-refractivity contribution < 1.29 is 9.50 Å². The molecule has 0 spiro atoms. The molecule has 0 saturated heterocycles. The Kier molecular flexibility index (Phi) is 3.32. The van der Waals surface area contributed by atoms with Crippen molar-refractivity contribution in [3.8, 4) is 5.75 Å². The average Bonchev–Trinajstić information content (AvgIpc) is 2.97. The first-order valence-electron chi connectivity index (χ1n) is 6.68. The van der Waals surface area contributed by atoms with E-state index in [4.69, 9.17) is 11.6 Å². The van der Waals surface area contributed by atoms with Crippen molar-refractivity contribution >= 4 is 51.8 Å². The second kappa shape index (κ2) is 5.36. The third-order valence-electron chi connectivity index (χ3n) is 3.38. The molecule has 0 amide bonds. The van der Waals surface area contributed by atoms with Gasteiger partial charge in [-0.25, -0.2) is 9.38 Å². The molecule has 0 aliphatic carbocycles. The van der Waals surface area contributed by atoms with E-state index in [0.717, 1.165) is 0 Å². The van der Waals surface area contributed by atoms with Crippen molar-refractivity contribution in [2.45, 2.75) is 4.90 Å². The Morgan fingerprint density at radius 2 is 2.13 bits per heavy atom. The van der Waals surface area contributed by atoms with Gasteiger partial charge in [-0.05, 0) is 36.2 Å². The minimum atomic E-state index is -0.328. The molecule has 1 aromatic heterocycles. The summed E-state index contributed by atoms with van der Waals surface area (Å²) >= 11 is 7.16. The first-order chi connectivity index (χ1) is 11.1. The van der Waals surface area contributed by atoms with Gasteiger partial charge in [0.15, 0.2) is 0 Å². The van der Waals surface area contributed by atoms with Gasteiger partial charge in [0.25, 0.3) is 0 Å². The zero-order chi connectivity index (χ0) is 16.0. The number of hydrogen-bond donors (Lipinski definition) is 4. The van der Waals surface area contributed by atoms with Crippen LogP contribution in [0.15, 0.2) is 46.4 Å². The molecule has 0 radical (unpaired) electrons. The quantitative estimate of drug-likeness (QED) is 0.493. The van der Waals surface area contributed by atoms with Crippen molar-refractivity contribution in [1.29, 1.82) is 0 Å². The normalized spacial score (nSPS) is 13.4. The molecule has 1 aliphatic rings. The summed E-state index contributed by atoms with van der Waals surface area (Å²) in [4.78, 5) is 7.99. The van der Waals surface area contributed by atoms with Crippen molar-refractivity contribution in [3.05, 3.63) is 47.4 Å². The van der Waals surface area contributed by atoms with Crippen LogP contribution < -0.4 is 10.0 Å². The van der Waals surface area contributed by atoms with Gasteiger partial charge in [0.1, 0.15) is 17.3 Å². The molecule has 0 fully saturated rings. The first-order valence-corrected chi connectivity index (χ1v) is 7.87. The number of aromatic nitrogens is 1. The number of guanidine groups is 1. The monoisotopic (exact) mass is 348 g/mol. The second-order valence-corrected chi connectivity index (χ2v) is 6.24. The lowest BCUT2D eigenvalue weighted by molar-refractivity contribution is 0.475.